The molecule has 1 fully saturated rings. The molecule has 1 aliphatic rings. The highest BCUT2D eigenvalue weighted by Gasteiger charge is 2.25. The van der Waals surface area contributed by atoms with Crippen LogP contribution in [-0.2, 0) is 0 Å². The third-order valence-corrected chi connectivity index (χ3v) is 2.92. The Labute approximate surface area is 106 Å². The summed E-state index contributed by atoms with van der Waals surface area (Å²) in [6.45, 7) is 2.83. The molecular formula is C12H17N3O3. The molecule has 0 unspecified atom stereocenters. The van der Waals surface area contributed by atoms with Crippen LogP contribution >= 0.6 is 0 Å². The molecule has 18 heavy (non-hydrogen) atoms. The van der Waals surface area contributed by atoms with Crippen LogP contribution in [0.5, 0.6) is 5.88 Å². The standard InChI is InChI=1S/C12H17N3O3/c1-2-8-13-11-7-6-10(15(16)17)12(14-11)18-9-4-3-5-9/h6-7,9H,2-5,8H2,1H3,(H,13,14). The summed E-state index contributed by atoms with van der Waals surface area (Å²) in [7, 11) is 0. The maximum atomic E-state index is 10.9. The van der Waals surface area contributed by atoms with Crippen molar-refractivity contribution >= 4 is 11.5 Å². The lowest BCUT2D eigenvalue weighted by molar-refractivity contribution is -0.386. The molecular weight excluding hydrogens is 234 g/mol. The van der Waals surface area contributed by atoms with Crippen molar-refractivity contribution in [2.24, 2.45) is 0 Å². The van der Waals surface area contributed by atoms with Crippen molar-refractivity contribution in [1.29, 1.82) is 0 Å². The van der Waals surface area contributed by atoms with Gasteiger partial charge in [-0.3, -0.25) is 10.1 Å². The molecule has 2 rings (SSSR count). The minimum absolute atomic E-state index is 0.0658. The number of nitro groups is 1. The number of aromatic nitrogens is 1. The van der Waals surface area contributed by atoms with E-state index in [4.69, 9.17) is 4.74 Å². The Morgan fingerprint density at radius 1 is 1.56 bits per heavy atom. The lowest BCUT2D eigenvalue weighted by atomic mass is 9.96. The summed E-state index contributed by atoms with van der Waals surface area (Å²) in [6.07, 6.45) is 4.07. The molecule has 1 heterocycles. The van der Waals surface area contributed by atoms with Gasteiger partial charge in [-0.05, 0) is 31.7 Å². The topological polar surface area (TPSA) is 77.3 Å². The fraction of sp³-hybridized carbons (Fsp3) is 0.583. The van der Waals surface area contributed by atoms with E-state index >= 15 is 0 Å². The van der Waals surface area contributed by atoms with Crippen molar-refractivity contribution in [2.75, 3.05) is 11.9 Å². The van der Waals surface area contributed by atoms with Crippen LogP contribution in [0.15, 0.2) is 12.1 Å². The normalized spacial score (nSPS) is 14.9. The van der Waals surface area contributed by atoms with E-state index in [0.717, 1.165) is 32.2 Å². The van der Waals surface area contributed by atoms with E-state index in [1.165, 1.54) is 6.07 Å². The molecule has 0 spiro atoms. The van der Waals surface area contributed by atoms with Crippen molar-refractivity contribution in [2.45, 2.75) is 38.7 Å². The number of hydrogen-bond donors (Lipinski definition) is 1. The van der Waals surface area contributed by atoms with Gasteiger partial charge in [-0.25, -0.2) is 0 Å². The Morgan fingerprint density at radius 2 is 2.33 bits per heavy atom. The molecule has 0 radical (unpaired) electrons. The molecule has 98 valence electrons. The second-order valence-corrected chi connectivity index (χ2v) is 4.38. The predicted octanol–water partition coefficient (Wildman–Crippen LogP) is 2.74. The van der Waals surface area contributed by atoms with Crippen LogP contribution in [0.2, 0.25) is 0 Å². The number of hydrogen-bond acceptors (Lipinski definition) is 5. The van der Waals surface area contributed by atoms with Gasteiger partial charge in [0, 0.05) is 12.6 Å². The first kappa shape index (κ1) is 12.6. The predicted molar refractivity (Wildman–Crippen MR) is 67.9 cm³/mol. The number of anilines is 1. The molecule has 0 atom stereocenters. The number of nitrogens with zero attached hydrogens (tertiary/aromatic N) is 2. The van der Waals surface area contributed by atoms with Crippen molar-refractivity contribution in [3.05, 3.63) is 22.2 Å². The lowest BCUT2D eigenvalue weighted by Gasteiger charge is -2.25. The Kier molecular flexibility index (Phi) is 3.96. The molecule has 0 bridgehead atoms. The molecule has 6 nitrogen and oxygen atoms in total. The van der Waals surface area contributed by atoms with Crippen LogP contribution in [0.4, 0.5) is 11.5 Å². The van der Waals surface area contributed by atoms with E-state index in [9.17, 15) is 10.1 Å². The first-order chi connectivity index (χ1) is 8.70. The Bertz CT molecular complexity index is 433. The Morgan fingerprint density at radius 3 is 2.89 bits per heavy atom. The highest BCUT2D eigenvalue weighted by molar-refractivity contribution is 5.49. The molecule has 1 aliphatic carbocycles. The lowest BCUT2D eigenvalue weighted by Crippen LogP contribution is -2.25. The maximum Gasteiger partial charge on any atom is 0.331 e. The Hall–Kier alpha value is -1.85. The maximum absolute atomic E-state index is 10.9. The van der Waals surface area contributed by atoms with Crippen LogP contribution in [-0.4, -0.2) is 22.6 Å². The fourth-order valence-corrected chi connectivity index (χ4v) is 1.66. The summed E-state index contributed by atoms with van der Waals surface area (Å²) in [5.74, 6) is 0.752. The number of rotatable bonds is 6. The van der Waals surface area contributed by atoms with E-state index in [2.05, 4.69) is 10.3 Å². The van der Waals surface area contributed by atoms with Gasteiger partial charge in [0.1, 0.15) is 11.9 Å². The van der Waals surface area contributed by atoms with Crippen LogP contribution in [0.1, 0.15) is 32.6 Å². The average Bonchev–Trinajstić information content (AvgIpc) is 2.31. The van der Waals surface area contributed by atoms with Gasteiger partial charge in [0.05, 0.1) is 4.92 Å². The highest BCUT2D eigenvalue weighted by Crippen LogP contribution is 2.31. The number of pyridine rings is 1. The average molecular weight is 251 g/mol. The quantitative estimate of drug-likeness (QED) is 0.621. The first-order valence-corrected chi connectivity index (χ1v) is 6.26. The molecule has 1 aromatic rings. The SMILES string of the molecule is CCCNc1ccc([N+](=O)[O-])c(OC2CCC2)n1. The van der Waals surface area contributed by atoms with Gasteiger partial charge in [0.15, 0.2) is 0 Å². The first-order valence-electron chi connectivity index (χ1n) is 6.26. The molecule has 0 aliphatic heterocycles. The molecule has 1 aromatic heterocycles. The van der Waals surface area contributed by atoms with Gasteiger partial charge < -0.3 is 10.1 Å². The van der Waals surface area contributed by atoms with Gasteiger partial charge in [-0.15, -0.1) is 0 Å². The van der Waals surface area contributed by atoms with E-state index in [1.807, 2.05) is 6.92 Å². The van der Waals surface area contributed by atoms with Crippen LogP contribution in [0.25, 0.3) is 0 Å². The van der Waals surface area contributed by atoms with Crippen LogP contribution in [0.3, 0.4) is 0 Å². The second kappa shape index (κ2) is 5.66. The smallest absolute Gasteiger partial charge is 0.331 e. The van der Waals surface area contributed by atoms with Crippen molar-refractivity contribution in [1.82, 2.24) is 4.98 Å². The minimum Gasteiger partial charge on any atom is -0.469 e. The molecule has 1 saturated carbocycles. The molecule has 0 saturated heterocycles. The van der Waals surface area contributed by atoms with Gasteiger partial charge >= 0.3 is 5.69 Å². The van der Waals surface area contributed by atoms with Gasteiger partial charge in [-0.1, -0.05) is 6.92 Å². The fourth-order valence-electron chi connectivity index (χ4n) is 1.66. The molecule has 0 amide bonds. The van der Waals surface area contributed by atoms with E-state index < -0.39 is 4.92 Å². The zero-order valence-corrected chi connectivity index (χ0v) is 10.4. The van der Waals surface area contributed by atoms with Crippen molar-refractivity contribution in [3.8, 4) is 5.88 Å². The summed E-state index contributed by atoms with van der Waals surface area (Å²) in [5.41, 5.74) is -0.0658. The number of ether oxygens (including phenoxy) is 1. The second-order valence-electron chi connectivity index (χ2n) is 4.38. The highest BCUT2D eigenvalue weighted by atomic mass is 16.6. The van der Waals surface area contributed by atoms with E-state index in [-0.39, 0.29) is 17.7 Å². The summed E-state index contributed by atoms with van der Waals surface area (Å²) in [5, 5.41) is 14.0. The summed E-state index contributed by atoms with van der Waals surface area (Å²) < 4.78 is 5.57. The van der Waals surface area contributed by atoms with Crippen LogP contribution < -0.4 is 10.1 Å². The molecule has 0 aromatic carbocycles. The van der Waals surface area contributed by atoms with Gasteiger partial charge in [-0.2, -0.15) is 4.98 Å². The van der Waals surface area contributed by atoms with Gasteiger partial charge in [0.2, 0.25) is 0 Å². The largest absolute Gasteiger partial charge is 0.469 e. The Balaban J connectivity index is 2.16. The van der Waals surface area contributed by atoms with E-state index in [0.29, 0.717) is 5.82 Å². The van der Waals surface area contributed by atoms with Crippen molar-refractivity contribution in [3.63, 3.8) is 0 Å². The monoisotopic (exact) mass is 251 g/mol. The molecule has 1 N–H and O–H groups in total. The minimum atomic E-state index is -0.454. The van der Waals surface area contributed by atoms with Crippen LogP contribution in [0, 0.1) is 10.1 Å². The number of nitrogens with one attached hydrogen (secondary N) is 1. The zero-order valence-electron chi connectivity index (χ0n) is 10.4. The third-order valence-electron chi connectivity index (χ3n) is 2.92. The van der Waals surface area contributed by atoms with E-state index in [1.54, 1.807) is 6.07 Å². The summed E-state index contributed by atoms with van der Waals surface area (Å²) >= 11 is 0. The summed E-state index contributed by atoms with van der Waals surface area (Å²) in [6, 6.07) is 3.06. The summed E-state index contributed by atoms with van der Waals surface area (Å²) in [4.78, 5) is 14.6. The third kappa shape index (κ3) is 2.88. The van der Waals surface area contributed by atoms with Crippen molar-refractivity contribution < 1.29 is 9.66 Å². The zero-order chi connectivity index (χ0) is 13.0. The molecule has 6 heteroatoms. The van der Waals surface area contributed by atoms with Gasteiger partial charge in [0.25, 0.3) is 5.88 Å².